The first-order valence-corrected chi connectivity index (χ1v) is 8.17. The van der Waals surface area contributed by atoms with Gasteiger partial charge >= 0.3 is 0 Å². The number of ether oxygens (including phenoxy) is 1. The first-order chi connectivity index (χ1) is 10.4. The fraction of sp³-hybridized carbons (Fsp3) is 0.188. The first kappa shape index (κ1) is 16.0. The van der Waals surface area contributed by atoms with Gasteiger partial charge in [-0.05, 0) is 48.7 Å². The SMILES string of the molecule is COc1cccc(/C=N\NS(=O)(=O)c2cc(C)ccc2C)c1. The minimum absolute atomic E-state index is 0.232. The normalized spacial score (nSPS) is 11.6. The molecule has 1 N–H and O–H groups in total. The standard InChI is InChI=1S/C16H18N2O3S/c1-12-7-8-13(2)16(9-12)22(19,20)18-17-11-14-5-4-6-15(10-14)21-3/h4-11,18H,1-3H3/b17-11-. The van der Waals surface area contributed by atoms with Crippen LogP contribution in [0.3, 0.4) is 0 Å². The molecule has 0 aromatic heterocycles. The Kier molecular flexibility index (Phi) is 4.82. The van der Waals surface area contributed by atoms with Crippen LogP contribution in [0.1, 0.15) is 16.7 Å². The molecule has 116 valence electrons. The molecule has 2 rings (SSSR count). The Balaban J connectivity index is 2.18. The summed E-state index contributed by atoms with van der Waals surface area (Å²) in [5, 5.41) is 3.82. The Morgan fingerprint density at radius 3 is 2.64 bits per heavy atom. The molecule has 0 saturated heterocycles. The van der Waals surface area contributed by atoms with Crippen molar-refractivity contribution in [3.8, 4) is 5.75 Å². The van der Waals surface area contributed by atoms with E-state index in [1.54, 1.807) is 50.4 Å². The molecule has 0 radical (unpaired) electrons. The fourth-order valence-corrected chi connectivity index (χ4v) is 3.06. The molecule has 0 amide bonds. The third-order valence-corrected chi connectivity index (χ3v) is 4.48. The largest absolute Gasteiger partial charge is 0.497 e. The highest BCUT2D eigenvalue weighted by molar-refractivity contribution is 7.89. The highest BCUT2D eigenvalue weighted by atomic mass is 32.2. The van der Waals surface area contributed by atoms with Crippen molar-refractivity contribution in [3.63, 3.8) is 0 Å². The average Bonchev–Trinajstić information content (AvgIpc) is 2.49. The summed E-state index contributed by atoms with van der Waals surface area (Å²) in [6, 6.07) is 12.4. The van der Waals surface area contributed by atoms with Gasteiger partial charge in [0.05, 0.1) is 18.2 Å². The van der Waals surface area contributed by atoms with Crippen molar-refractivity contribution < 1.29 is 13.2 Å². The molecule has 0 saturated carbocycles. The number of benzene rings is 2. The Hall–Kier alpha value is -2.34. The predicted molar refractivity (Wildman–Crippen MR) is 86.8 cm³/mol. The van der Waals surface area contributed by atoms with Crippen molar-refractivity contribution in [2.45, 2.75) is 18.7 Å². The molecule has 0 atom stereocenters. The quantitative estimate of drug-likeness (QED) is 0.680. The van der Waals surface area contributed by atoms with Gasteiger partial charge in [-0.25, -0.2) is 4.83 Å². The zero-order chi connectivity index (χ0) is 16.2. The van der Waals surface area contributed by atoms with Crippen LogP contribution in [0, 0.1) is 13.8 Å². The molecule has 6 heteroatoms. The maximum absolute atomic E-state index is 12.3. The second-order valence-corrected chi connectivity index (χ2v) is 6.53. The number of nitrogens with zero attached hydrogens (tertiary/aromatic N) is 1. The van der Waals surface area contributed by atoms with Gasteiger partial charge in [0.1, 0.15) is 5.75 Å². The minimum Gasteiger partial charge on any atom is -0.497 e. The molecule has 0 aliphatic carbocycles. The predicted octanol–water partition coefficient (Wildman–Crippen LogP) is 2.62. The molecular weight excluding hydrogens is 300 g/mol. The van der Waals surface area contributed by atoms with Crippen LogP contribution in [0.15, 0.2) is 52.5 Å². The summed E-state index contributed by atoms with van der Waals surface area (Å²) in [4.78, 5) is 2.46. The Morgan fingerprint density at radius 1 is 1.14 bits per heavy atom. The molecule has 0 unspecified atom stereocenters. The van der Waals surface area contributed by atoms with Gasteiger partial charge in [0.2, 0.25) is 0 Å². The molecule has 0 bridgehead atoms. The van der Waals surface area contributed by atoms with Crippen LogP contribution < -0.4 is 9.57 Å². The number of sulfonamides is 1. The maximum atomic E-state index is 12.3. The van der Waals surface area contributed by atoms with Crippen LogP contribution in [0.2, 0.25) is 0 Å². The van der Waals surface area contributed by atoms with E-state index in [-0.39, 0.29) is 4.90 Å². The third kappa shape index (κ3) is 3.85. The summed E-state index contributed by atoms with van der Waals surface area (Å²) >= 11 is 0. The average molecular weight is 318 g/mol. The molecule has 5 nitrogen and oxygen atoms in total. The van der Waals surface area contributed by atoms with Gasteiger partial charge in [-0.2, -0.15) is 13.5 Å². The zero-order valence-electron chi connectivity index (χ0n) is 12.7. The lowest BCUT2D eigenvalue weighted by atomic mass is 10.2. The van der Waals surface area contributed by atoms with E-state index in [0.717, 1.165) is 11.1 Å². The highest BCUT2D eigenvalue weighted by Gasteiger charge is 2.15. The zero-order valence-corrected chi connectivity index (χ0v) is 13.5. The van der Waals surface area contributed by atoms with Crippen molar-refractivity contribution in [2.24, 2.45) is 5.10 Å². The lowest BCUT2D eigenvalue weighted by Gasteiger charge is -2.07. The summed E-state index contributed by atoms with van der Waals surface area (Å²) < 4.78 is 29.6. The van der Waals surface area contributed by atoms with Gasteiger partial charge in [0.25, 0.3) is 10.0 Å². The minimum atomic E-state index is -3.68. The topological polar surface area (TPSA) is 67.8 Å². The van der Waals surface area contributed by atoms with Gasteiger partial charge in [-0.3, -0.25) is 0 Å². The van der Waals surface area contributed by atoms with Gasteiger partial charge in [0.15, 0.2) is 0 Å². The van der Waals surface area contributed by atoms with E-state index in [1.807, 2.05) is 13.0 Å². The summed E-state index contributed by atoms with van der Waals surface area (Å²) in [7, 11) is -2.11. The van der Waals surface area contributed by atoms with E-state index in [2.05, 4.69) is 9.93 Å². The smallest absolute Gasteiger partial charge is 0.276 e. The third-order valence-electron chi connectivity index (χ3n) is 3.11. The summed E-state index contributed by atoms with van der Waals surface area (Å²) in [5.41, 5.74) is 2.29. The molecule has 0 heterocycles. The van der Waals surface area contributed by atoms with Crippen molar-refractivity contribution >= 4 is 16.2 Å². The van der Waals surface area contributed by atoms with Gasteiger partial charge in [-0.1, -0.05) is 24.3 Å². The number of hydrazone groups is 1. The second kappa shape index (κ2) is 6.62. The molecule has 0 aliphatic rings. The molecule has 22 heavy (non-hydrogen) atoms. The van der Waals surface area contributed by atoms with E-state index < -0.39 is 10.0 Å². The van der Waals surface area contributed by atoms with Crippen LogP contribution in [-0.2, 0) is 10.0 Å². The van der Waals surface area contributed by atoms with Crippen LogP contribution in [0.4, 0.5) is 0 Å². The van der Waals surface area contributed by atoms with E-state index in [1.165, 1.54) is 6.21 Å². The van der Waals surface area contributed by atoms with E-state index in [0.29, 0.717) is 11.3 Å². The lowest BCUT2D eigenvalue weighted by Crippen LogP contribution is -2.19. The van der Waals surface area contributed by atoms with Gasteiger partial charge in [0, 0.05) is 0 Å². The van der Waals surface area contributed by atoms with Crippen molar-refractivity contribution in [1.82, 2.24) is 4.83 Å². The summed E-state index contributed by atoms with van der Waals surface area (Å²) in [6.45, 7) is 3.59. The Morgan fingerprint density at radius 2 is 1.91 bits per heavy atom. The molecule has 0 spiro atoms. The number of aryl methyl sites for hydroxylation is 2. The number of hydrogen-bond donors (Lipinski definition) is 1. The van der Waals surface area contributed by atoms with E-state index >= 15 is 0 Å². The van der Waals surface area contributed by atoms with Gasteiger partial charge < -0.3 is 4.74 Å². The van der Waals surface area contributed by atoms with Gasteiger partial charge in [-0.15, -0.1) is 0 Å². The van der Waals surface area contributed by atoms with Crippen LogP contribution in [0.5, 0.6) is 5.75 Å². The summed E-state index contributed by atoms with van der Waals surface area (Å²) in [5.74, 6) is 0.682. The van der Waals surface area contributed by atoms with Crippen LogP contribution in [-0.4, -0.2) is 21.7 Å². The molecule has 2 aromatic carbocycles. The second-order valence-electron chi connectivity index (χ2n) is 4.90. The highest BCUT2D eigenvalue weighted by Crippen LogP contribution is 2.16. The number of methoxy groups -OCH3 is 1. The molecule has 0 fully saturated rings. The van der Waals surface area contributed by atoms with E-state index in [9.17, 15) is 8.42 Å². The number of rotatable bonds is 5. The van der Waals surface area contributed by atoms with Crippen LogP contribution >= 0.6 is 0 Å². The van der Waals surface area contributed by atoms with Crippen molar-refractivity contribution in [1.29, 1.82) is 0 Å². The number of hydrogen-bond acceptors (Lipinski definition) is 4. The lowest BCUT2D eigenvalue weighted by molar-refractivity contribution is 0.415. The number of nitrogens with one attached hydrogen (secondary N) is 1. The monoisotopic (exact) mass is 318 g/mol. The fourth-order valence-electron chi connectivity index (χ4n) is 1.94. The van der Waals surface area contributed by atoms with Crippen LogP contribution in [0.25, 0.3) is 0 Å². The Bertz CT molecular complexity index is 799. The molecule has 0 aliphatic heterocycles. The molecule has 2 aromatic rings. The molecular formula is C16H18N2O3S. The van der Waals surface area contributed by atoms with Crippen molar-refractivity contribution in [2.75, 3.05) is 7.11 Å². The van der Waals surface area contributed by atoms with E-state index in [4.69, 9.17) is 4.74 Å². The summed E-state index contributed by atoms with van der Waals surface area (Å²) in [6.07, 6.45) is 1.44. The Labute approximate surface area is 130 Å². The maximum Gasteiger partial charge on any atom is 0.276 e. The van der Waals surface area contributed by atoms with Crippen molar-refractivity contribution in [3.05, 3.63) is 59.2 Å². The first-order valence-electron chi connectivity index (χ1n) is 6.68.